The summed E-state index contributed by atoms with van der Waals surface area (Å²) in [6.07, 6.45) is 11.3. The molecule has 0 radical (unpaired) electrons. The number of ether oxygens (including phenoxy) is 3. The molecule has 0 saturated carbocycles. The molecular weight excluding hydrogens is 829 g/mol. The van der Waals surface area contributed by atoms with Gasteiger partial charge in [0.2, 0.25) is 0 Å². The van der Waals surface area contributed by atoms with E-state index in [-0.39, 0.29) is 46.4 Å². The summed E-state index contributed by atoms with van der Waals surface area (Å²) in [5, 5.41) is 2.39. The highest BCUT2D eigenvalue weighted by Crippen LogP contribution is 2.42. The zero-order valence-electron chi connectivity index (χ0n) is 42.3. The number of hydrogen-bond donors (Lipinski definition) is 0. The number of hydrogen-bond acceptors (Lipinski definition) is 6. The summed E-state index contributed by atoms with van der Waals surface area (Å²) >= 11 is 0. The van der Waals surface area contributed by atoms with Crippen LogP contribution in [0, 0.1) is 12.8 Å². The molecule has 0 spiro atoms. The highest BCUT2D eigenvalue weighted by Gasteiger charge is 2.52. The third kappa shape index (κ3) is 13.8. The fourth-order valence-electron chi connectivity index (χ4n) is 8.24. The average molecular weight is 914 g/mol. The van der Waals surface area contributed by atoms with Crippen LogP contribution in [0.1, 0.15) is 122 Å². The van der Waals surface area contributed by atoms with E-state index in [2.05, 4.69) is 192 Å². The second-order valence-electron chi connectivity index (χ2n) is 22.2. The van der Waals surface area contributed by atoms with Gasteiger partial charge < -0.3 is 23.1 Å². The molecule has 0 amide bonds. The van der Waals surface area contributed by atoms with Gasteiger partial charge in [0.15, 0.2) is 14.1 Å². The van der Waals surface area contributed by atoms with Crippen molar-refractivity contribution in [2.75, 3.05) is 6.61 Å². The molecule has 3 aromatic rings. The lowest BCUT2D eigenvalue weighted by Gasteiger charge is -2.45. The Kier molecular flexibility index (Phi) is 18.1. The standard InChI is InChI=1S/C54H84O6Si3/c1-18-19-27-43-36-34-41(3)49(51(55)56-38-39-61(13,14)15)46(43)32-26-33-47-50(58-54(11,12)57-47)48(60-62(16,17)52(5,6)7)37-35-40(2)42(4)59-63(53(8,9)10,44-28-22-20-23-29-44)45-30-24-21-25-31-45/h20-26,28-32,34-37,40,42,47-48,50H,18-19,27,33,38-39H2,1-17H3/b32-26+,37-35-/t40-,42+,47-,48?,50+/m1/s1. The molecule has 1 aliphatic heterocycles. The van der Waals surface area contributed by atoms with Crippen LogP contribution in [0.15, 0.2) is 91.0 Å². The van der Waals surface area contributed by atoms with Crippen LogP contribution in [-0.2, 0) is 29.5 Å². The zero-order valence-corrected chi connectivity index (χ0v) is 45.3. The molecule has 9 heteroatoms. The molecule has 6 nitrogen and oxygen atoms in total. The van der Waals surface area contributed by atoms with E-state index < -0.39 is 30.5 Å². The van der Waals surface area contributed by atoms with E-state index in [1.807, 2.05) is 20.8 Å². The van der Waals surface area contributed by atoms with Gasteiger partial charge in [0.1, 0.15) is 6.10 Å². The number of carbonyl (C=O) groups is 1. The summed E-state index contributed by atoms with van der Waals surface area (Å²) < 4.78 is 34.4. The van der Waals surface area contributed by atoms with Crippen LogP contribution < -0.4 is 10.4 Å². The average Bonchev–Trinajstić information content (AvgIpc) is 3.50. The molecule has 1 unspecified atom stereocenters. The minimum absolute atomic E-state index is 0.0189. The zero-order chi connectivity index (χ0) is 47.0. The van der Waals surface area contributed by atoms with Crippen LogP contribution in [0.25, 0.3) is 6.08 Å². The maximum Gasteiger partial charge on any atom is 0.339 e. The quantitative estimate of drug-likeness (QED) is 0.0639. The van der Waals surface area contributed by atoms with Crippen molar-refractivity contribution in [2.24, 2.45) is 5.92 Å². The molecule has 0 bridgehead atoms. The second kappa shape index (κ2) is 21.6. The normalized spacial score (nSPS) is 19.1. The van der Waals surface area contributed by atoms with Crippen LogP contribution in [-0.4, -0.2) is 67.5 Å². The van der Waals surface area contributed by atoms with Crippen molar-refractivity contribution in [1.82, 2.24) is 0 Å². The van der Waals surface area contributed by atoms with E-state index in [1.165, 1.54) is 15.9 Å². The van der Waals surface area contributed by atoms with E-state index in [0.29, 0.717) is 18.6 Å². The van der Waals surface area contributed by atoms with E-state index in [9.17, 15) is 4.79 Å². The Bertz CT molecular complexity index is 1930. The van der Waals surface area contributed by atoms with Crippen molar-refractivity contribution in [1.29, 1.82) is 0 Å². The number of rotatable bonds is 20. The Balaban J connectivity index is 1.71. The van der Waals surface area contributed by atoms with Gasteiger partial charge in [-0.25, -0.2) is 4.79 Å². The lowest BCUT2D eigenvalue weighted by molar-refractivity contribution is -0.151. The summed E-state index contributed by atoms with van der Waals surface area (Å²) in [5.74, 6) is -0.978. The smallest absolute Gasteiger partial charge is 0.339 e. The first-order chi connectivity index (χ1) is 29.2. The van der Waals surface area contributed by atoms with Crippen LogP contribution in [0.3, 0.4) is 0 Å². The second-order valence-corrected chi connectivity index (χ2v) is 36.9. The fourth-order valence-corrected chi connectivity index (χ4v) is 15.0. The molecule has 1 saturated heterocycles. The molecule has 5 atom stereocenters. The number of unbranched alkanes of at least 4 members (excludes halogenated alkanes) is 1. The Morgan fingerprint density at radius 3 is 1.92 bits per heavy atom. The van der Waals surface area contributed by atoms with Gasteiger partial charge in [-0.3, -0.25) is 0 Å². The Morgan fingerprint density at radius 1 is 0.810 bits per heavy atom. The van der Waals surface area contributed by atoms with Crippen LogP contribution in [0.4, 0.5) is 0 Å². The number of benzene rings is 3. The van der Waals surface area contributed by atoms with E-state index in [1.54, 1.807) is 0 Å². The highest BCUT2D eigenvalue weighted by atomic mass is 28.4. The van der Waals surface area contributed by atoms with E-state index in [4.69, 9.17) is 23.1 Å². The summed E-state index contributed by atoms with van der Waals surface area (Å²) in [4.78, 5) is 13.8. The van der Waals surface area contributed by atoms with Crippen molar-refractivity contribution < 1.29 is 27.9 Å². The maximum absolute atomic E-state index is 13.8. The molecule has 4 rings (SSSR count). The maximum atomic E-state index is 13.8. The minimum Gasteiger partial charge on any atom is -0.462 e. The lowest BCUT2D eigenvalue weighted by atomic mass is 9.92. The molecule has 1 aliphatic rings. The predicted molar refractivity (Wildman–Crippen MR) is 274 cm³/mol. The lowest BCUT2D eigenvalue weighted by Crippen LogP contribution is -2.67. The molecule has 3 aromatic carbocycles. The van der Waals surface area contributed by atoms with Gasteiger partial charge in [-0.05, 0) is 109 Å². The molecule has 1 fully saturated rings. The predicted octanol–water partition coefficient (Wildman–Crippen LogP) is 13.3. The van der Waals surface area contributed by atoms with Gasteiger partial charge in [-0.1, -0.05) is 179 Å². The first-order valence-corrected chi connectivity index (χ1v) is 32.2. The van der Waals surface area contributed by atoms with Crippen molar-refractivity contribution in [3.8, 4) is 0 Å². The van der Waals surface area contributed by atoms with Crippen LogP contribution in [0.5, 0.6) is 0 Å². The van der Waals surface area contributed by atoms with Crippen LogP contribution >= 0.6 is 0 Å². The molecule has 0 aliphatic carbocycles. The van der Waals surface area contributed by atoms with Gasteiger partial charge in [-0.2, -0.15) is 0 Å². The fraction of sp³-hybridized carbons (Fsp3) is 0.574. The molecule has 348 valence electrons. The number of carbonyl (C=O) groups excluding carboxylic acids is 1. The van der Waals surface area contributed by atoms with Crippen molar-refractivity contribution in [2.45, 2.75) is 188 Å². The van der Waals surface area contributed by atoms with Gasteiger partial charge in [0, 0.05) is 14.2 Å². The SMILES string of the molecule is CCCCc1ccc(C)c(C(=O)OCC[Si](C)(C)C)c1/C=C/C[C@H]1OC(C)(C)O[C@@H]1C(/C=C\[C@@H](C)[C@H](C)O[Si](c1ccccc1)(c1ccccc1)C(C)(C)C)O[Si](C)(C)C(C)(C)C. The van der Waals surface area contributed by atoms with Crippen molar-refractivity contribution in [3.05, 3.63) is 113 Å². The van der Waals surface area contributed by atoms with Crippen LogP contribution in [0.2, 0.25) is 48.9 Å². The molecule has 63 heavy (non-hydrogen) atoms. The minimum atomic E-state index is -2.77. The van der Waals surface area contributed by atoms with Crippen molar-refractivity contribution >= 4 is 47.1 Å². The van der Waals surface area contributed by atoms with Gasteiger partial charge in [0.25, 0.3) is 8.32 Å². The molecular formula is C54H84O6Si3. The summed E-state index contributed by atoms with van der Waals surface area (Å²) in [7, 11) is -6.43. The summed E-state index contributed by atoms with van der Waals surface area (Å²) in [5.41, 5.74) is 3.72. The Hall–Kier alpha value is -2.90. The number of esters is 1. The third-order valence-corrected chi connectivity index (χ3v) is 24.5. The van der Waals surface area contributed by atoms with Gasteiger partial charge in [0.05, 0.1) is 24.4 Å². The topological polar surface area (TPSA) is 63.2 Å². The van der Waals surface area contributed by atoms with E-state index >= 15 is 0 Å². The van der Waals surface area contributed by atoms with Gasteiger partial charge in [-0.15, -0.1) is 0 Å². The molecule has 0 aromatic heterocycles. The largest absolute Gasteiger partial charge is 0.462 e. The first kappa shape index (κ1) is 52.7. The Labute approximate surface area is 386 Å². The monoisotopic (exact) mass is 913 g/mol. The van der Waals surface area contributed by atoms with Crippen molar-refractivity contribution in [3.63, 3.8) is 0 Å². The Morgan fingerprint density at radius 2 is 1.40 bits per heavy atom. The number of aryl methyl sites for hydroxylation is 2. The molecule has 0 N–H and O–H groups in total. The third-order valence-electron chi connectivity index (χ3n) is 13.2. The van der Waals surface area contributed by atoms with E-state index in [0.717, 1.165) is 36.4 Å². The molecule has 1 heterocycles. The summed E-state index contributed by atoms with van der Waals surface area (Å²) in [6.45, 7) is 38.5. The van der Waals surface area contributed by atoms with Gasteiger partial charge >= 0.3 is 5.97 Å². The first-order valence-electron chi connectivity index (χ1n) is 23.7. The summed E-state index contributed by atoms with van der Waals surface area (Å²) in [6, 6.07) is 26.9. The highest BCUT2D eigenvalue weighted by molar-refractivity contribution is 6.99.